The molecule has 0 aliphatic carbocycles. The Bertz CT molecular complexity index is 768. The fraction of sp³-hybridized carbons (Fsp3) is 0.333. The number of carbonyl (C=O) groups is 2. The number of primary amides is 1. The van der Waals surface area contributed by atoms with E-state index in [1.54, 1.807) is 0 Å². The molecule has 6 nitrogen and oxygen atoms in total. The third-order valence-corrected chi connectivity index (χ3v) is 4.57. The highest BCUT2D eigenvalue weighted by Gasteiger charge is 2.33. The predicted octanol–water partition coefficient (Wildman–Crippen LogP) is 1.92. The lowest BCUT2D eigenvalue weighted by atomic mass is 10.0. The van der Waals surface area contributed by atoms with Crippen molar-refractivity contribution in [3.63, 3.8) is 0 Å². The molecule has 134 valence electrons. The fourth-order valence-electron chi connectivity index (χ4n) is 3.27. The predicted molar refractivity (Wildman–Crippen MR) is 100 cm³/mol. The zero-order chi connectivity index (χ0) is 17.1. The van der Waals surface area contributed by atoms with Crippen molar-refractivity contribution in [1.29, 1.82) is 0 Å². The number of urea groups is 1. The van der Waals surface area contributed by atoms with Gasteiger partial charge in [0, 0.05) is 13.1 Å². The van der Waals surface area contributed by atoms with Crippen molar-refractivity contribution in [1.82, 2.24) is 10.2 Å². The van der Waals surface area contributed by atoms with Gasteiger partial charge >= 0.3 is 6.03 Å². The third kappa shape index (κ3) is 4.03. The number of amides is 3. The first kappa shape index (κ1) is 19.0. The van der Waals surface area contributed by atoms with Gasteiger partial charge in [0.2, 0.25) is 5.91 Å². The molecule has 1 fully saturated rings. The molecule has 2 aromatic carbocycles. The van der Waals surface area contributed by atoms with Gasteiger partial charge in [-0.25, -0.2) is 4.79 Å². The molecule has 25 heavy (non-hydrogen) atoms. The van der Waals surface area contributed by atoms with E-state index in [2.05, 4.69) is 5.32 Å². The Morgan fingerprint density at radius 2 is 1.92 bits per heavy atom. The molecule has 3 amide bonds. The van der Waals surface area contributed by atoms with Crippen molar-refractivity contribution in [2.45, 2.75) is 24.9 Å². The van der Waals surface area contributed by atoms with Gasteiger partial charge in [-0.2, -0.15) is 0 Å². The Hall–Kier alpha value is -2.31. The summed E-state index contributed by atoms with van der Waals surface area (Å²) in [5, 5.41) is 5.20. The lowest BCUT2D eigenvalue weighted by Crippen LogP contribution is -2.49. The minimum atomic E-state index is -0.553. The second kappa shape index (κ2) is 8.18. The number of hydrogen-bond acceptors (Lipinski definition) is 3. The molecule has 0 bridgehead atoms. The van der Waals surface area contributed by atoms with Crippen LogP contribution in [-0.2, 0) is 4.79 Å². The summed E-state index contributed by atoms with van der Waals surface area (Å²) in [7, 11) is 0. The highest BCUT2D eigenvalue weighted by atomic mass is 35.5. The number of hydrogen-bond donors (Lipinski definition) is 3. The van der Waals surface area contributed by atoms with E-state index in [1.165, 1.54) is 4.90 Å². The van der Waals surface area contributed by atoms with Crippen LogP contribution in [0.3, 0.4) is 0 Å². The Balaban J connectivity index is 0.00000225. The molecule has 5 N–H and O–H groups in total. The van der Waals surface area contributed by atoms with Gasteiger partial charge in [0.1, 0.15) is 6.04 Å². The van der Waals surface area contributed by atoms with Gasteiger partial charge in [0.05, 0.1) is 6.04 Å². The average Bonchev–Trinajstić information content (AvgIpc) is 3.09. The molecule has 0 saturated carbocycles. The Kier molecular flexibility index (Phi) is 6.22. The van der Waals surface area contributed by atoms with E-state index < -0.39 is 12.1 Å². The van der Waals surface area contributed by atoms with Crippen LogP contribution in [0.25, 0.3) is 10.8 Å². The standard InChI is InChI=1S/C18H22N4O2.ClH/c19-11-15(14-8-7-12-4-1-2-5-13(12)10-14)21-17(23)16-6-3-9-22(16)18(20)24;/h1-2,4-5,7-8,10,15-16H,3,6,9,11,19H2,(H2,20,24)(H,21,23);1H/t15?,16-;/m0./s1. The zero-order valence-electron chi connectivity index (χ0n) is 13.9. The van der Waals surface area contributed by atoms with Crippen molar-refractivity contribution in [2.75, 3.05) is 13.1 Å². The SMILES string of the molecule is Cl.NCC(NC(=O)[C@@H]1CCCN1C(N)=O)c1ccc2ccccc2c1. The molecule has 1 saturated heterocycles. The number of halogens is 1. The van der Waals surface area contributed by atoms with Crippen molar-refractivity contribution < 1.29 is 9.59 Å². The molecule has 1 aliphatic heterocycles. The van der Waals surface area contributed by atoms with Crippen LogP contribution in [0.15, 0.2) is 42.5 Å². The van der Waals surface area contributed by atoms with E-state index >= 15 is 0 Å². The van der Waals surface area contributed by atoms with Gasteiger partial charge in [0.15, 0.2) is 0 Å². The van der Waals surface area contributed by atoms with Crippen LogP contribution in [-0.4, -0.2) is 36.0 Å². The molecular formula is C18H23ClN4O2. The fourth-order valence-corrected chi connectivity index (χ4v) is 3.27. The monoisotopic (exact) mass is 362 g/mol. The molecule has 1 unspecified atom stereocenters. The molecule has 7 heteroatoms. The molecular weight excluding hydrogens is 340 g/mol. The van der Waals surface area contributed by atoms with Gasteiger partial charge < -0.3 is 21.7 Å². The number of nitrogens with zero attached hydrogens (tertiary/aromatic N) is 1. The van der Waals surface area contributed by atoms with E-state index in [4.69, 9.17) is 11.5 Å². The second-order valence-electron chi connectivity index (χ2n) is 6.09. The summed E-state index contributed by atoms with van der Waals surface area (Å²) in [5.74, 6) is -0.199. The number of likely N-dealkylation sites (tertiary alicyclic amines) is 1. The van der Waals surface area contributed by atoms with Gasteiger partial charge in [-0.05, 0) is 35.2 Å². The Morgan fingerprint density at radius 1 is 1.20 bits per heavy atom. The van der Waals surface area contributed by atoms with Crippen LogP contribution in [0.4, 0.5) is 4.79 Å². The van der Waals surface area contributed by atoms with E-state index in [1.807, 2.05) is 42.5 Å². The highest BCUT2D eigenvalue weighted by molar-refractivity contribution is 5.88. The van der Waals surface area contributed by atoms with Crippen LogP contribution in [0.1, 0.15) is 24.4 Å². The van der Waals surface area contributed by atoms with Crippen LogP contribution < -0.4 is 16.8 Å². The van der Waals surface area contributed by atoms with Crippen LogP contribution in [0.2, 0.25) is 0 Å². The number of benzene rings is 2. The maximum atomic E-state index is 12.6. The molecule has 1 heterocycles. The maximum Gasteiger partial charge on any atom is 0.315 e. The molecule has 2 atom stereocenters. The first-order chi connectivity index (χ1) is 11.6. The lowest BCUT2D eigenvalue weighted by Gasteiger charge is -2.25. The van der Waals surface area contributed by atoms with E-state index in [0.717, 1.165) is 22.8 Å². The minimum Gasteiger partial charge on any atom is -0.351 e. The molecule has 3 rings (SSSR count). The number of rotatable bonds is 4. The van der Waals surface area contributed by atoms with Crippen molar-refractivity contribution in [3.05, 3.63) is 48.0 Å². The van der Waals surface area contributed by atoms with Gasteiger partial charge in [-0.1, -0.05) is 36.4 Å². The highest BCUT2D eigenvalue weighted by Crippen LogP contribution is 2.22. The maximum absolute atomic E-state index is 12.6. The first-order valence-electron chi connectivity index (χ1n) is 8.15. The topological polar surface area (TPSA) is 101 Å². The molecule has 0 spiro atoms. The quantitative estimate of drug-likeness (QED) is 0.774. The number of nitrogens with one attached hydrogen (secondary N) is 1. The number of carbonyl (C=O) groups excluding carboxylic acids is 2. The number of fused-ring (bicyclic) bond motifs is 1. The molecule has 0 aromatic heterocycles. The Labute approximate surface area is 152 Å². The first-order valence-corrected chi connectivity index (χ1v) is 8.15. The van der Waals surface area contributed by atoms with Gasteiger partial charge in [0.25, 0.3) is 0 Å². The summed E-state index contributed by atoms with van der Waals surface area (Å²) in [6, 6.07) is 12.7. The summed E-state index contributed by atoms with van der Waals surface area (Å²) >= 11 is 0. The average molecular weight is 363 g/mol. The van der Waals surface area contributed by atoms with Crippen molar-refractivity contribution in [3.8, 4) is 0 Å². The zero-order valence-corrected chi connectivity index (χ0v) is 14.7. The summed E-state index contributed by atoms with van der Waals surface area (Å²) in [4.78, 5) is 25.4. The van der Waals surface area contributed by atoms with Crippen LogP contribution in [0.5, 0.6) is 0 Å². The summed E-state index contributed by atoms with van der Waals surface area (Å²) in [6.07, 6.45) is 1.41. The van der Waals surface area contributed by atoms with Gasteiger partial charge in [-0.15, -0.1) is 12.4 Å². The molecule has 2 aromatic rings. The third-order valence-electron chi connectivity index (χ3n) is 4.57. The summed E-state index contributed by atoms with van der Waals surface area (Å²) in [6.45, 7) is 0.810. The molecule has 1 aliphatic rings. The second-order valence-corrected chi connectivity index (χ2v) is 6.09. The van der Waals surface area contributed by atoms with E-state index in [0.29, 0.717) is 13.0 Å². The number of nitrogens with two attached hydrogens (primary N) is 2. The van der Waals surface area contributed by atoms with Crippen LogP contribution in [0, 0.1) is 0 Å². The van der Waals surface area contributed by atoms with Crippen LogP contribution >= 0.6 is 12.4 Å². The Morgan fingerprint density at radius 3 is 2.60 bits per heavy atom. The van der Waals surface area contributed by atoms with E-state index in [9.17, 15) is 9.59 Å². The largest absolute Gasteiger partial charge is 0.351 e. The van der Waals surface area contributed by atoms with E-state index in [-0.39, 0.29) is 30.9 Å². The minimum absolute atomic E-state index is 0. The van der Waals surface area contributed by atoms with Crippen molar-refractivity contribution >= 4 is 35.1 Å². The van der Waals surface area contributed by atoms with Crippen molar-refractivity contribution in [2.24, 2.45) is 11.5 Å². The summed E-state index contributed by atoms with van der Waals surface area (Å²) in [5.41, 5.74) is 12.2. The summed E-state index contributed by atoms with van der Waals surface area (Å²) < 4.78 is 0. The normalized spacial score (nSPS) is 17.8. The smallest absolute Gasteiger partial charge is 0.315 e. The lowest BCUT2D eigenvalue weighted by molar-refractivity contribution is -0.125. The van der Waals surface area contributed by atoms with Gasteiger partial charge in [-0.3, -0.25) is 4.79 Å². The molecule has 0 radical (unpaired) electrons.